The van der Waals surface area contributed by atoms with Crippen molar-refractivity contribution in [3.05, 3.63) is 12.2 Å². The van der Waals surface area contributed by atoms with E-state index < -0.39 is 0 Å². The van der Waals surface area contributed by atoms with Crippen molar-refractivity contribution in [2.24, 2.45) is 22.7 Å². The molecule has 4 saturated carbocycles. The van der Waals surface area contributed by atoms with Crippen molar-refractivity contribution in [2.75, 3.05) is 13.7 Å². The third-order valence-corrected chi connectivity index (χ3v) is 5.59. The molecule has 3 nitrogen and oxygen atoms in total. The Morgan fingerprint density at radius 2 is 1.94 bits per heavy atom. The summed E-state index contributed by atoms with van der Waals surface area (Å²) in [5.74, 6) is 1.07. The van der Waals surface area contributed by atoms with Crippen LogP contribution in [0.4, 0.5) is 0 Å². The Morgan fingerprint density at radius 3 is 2.44 bits per heavy atom. The van der Waals surface area contributed by atoms with Gasteiger partial charge < -0.3 is 9.84 Å². The average Bonchev–Trinajstić information content (AvgIpc) is 2.35. The van der Waals surface area contributed by atoms with E-state index in [4.69, 9.17) is 4.74 Å². The zero-order valence-corrected chi connectivity index (χ0v) is 11.1. The first-order valence-corrected chi connectivity index (χ1v) is 6.91. The smallest absolute Gasteiger partial charge is 0.333 e. The molecule has 0 aromatic rings. The van der Waals surface area contributed by atoms with Crippen molar-refractivity contribution in [3.63, 3.8) is 0 Å². The summed E-state index contributed by atoms with van der Waals surface area (Å²) < 4.78 is 4.87. The molecule has 4 bridgehead atoms. The number of carbonyl (C=O) groups excluding carboxylic acids is 1. The minimum absolute atomic E-state index is 0.0566. The number of hydrogen-bond donors (Lipinski definition) is 1. The lowest BCUT2D eigenvalue weighted by molar-refractivity contribution is -0.145. The fraction of sp³-hybridized carbons (Fsp3) is 0.800. The van der Waals surface area contributed by atoms with Gasteiger partial charge in [0.15, 0.2) is 0 Å². The van der Waals surface area contributed by atoms with Gasteiger partial charge in [-0.25, -0.2) is 4.79 Å². The minimum atomic E-state index is -0.259. The van der Waals surface area contributed by atoms with E-state index in [-0.39, 0.29) is 23.4 Å². The highest BCUT2D eigenvalue weighted by atomic mass is 16.5. The summed E-state index contributed by atoms with van der Waals surface area (Å²) in [6.07, 6.45) is 6.61. The van der Waals surface area contributed by atoms with Gasteiger partial charge in [-0.1, -0.05) is 6.58 Å². The first-order valence-electron chi connectivity index (χ1n) is 6.91. The zero-order chi connectivity index (χ0) is 13.0. The zero-order valence-electron chi connectivity index (χ0n) is 11.1. The van der Waals surface area contributed by atoms with Crippen molar-refractivity contribution in [2.45, 2.75) is 38.5 Å². The van der Waals surface area contributed by atoms with Crippen molar-refractivity contribution >= 4 is 5.97 Å². The van der Waals surface area contributed by atoms with E-state index >= 15 is 0 Å². The predicted molar refractivity (Wildman–Crippen MR) is 67.8 cm³/mol. The first kappa shape index (κ1) is 12.2. The van der Waals surface area contributed by atoms with Crippen LogP contribution in [-0.4, -0.2) is 24.8 Å². The van der Waals surface area contributed by atoms with Crippen LogP contribution in [0, 0.1) is 22.7 Å². The molecule has 3 heteroatoms. The molecule has 0 spiro atoms. The average molecular weight is 250 g/mol. The molecule has 4 rings (SSSR count). The summed E-state index contributed by atoms with van der Waals surface area (Å²) in [5.41, 5.74) is 0.623. The van der Waals surface area contributed by atoms with Gasteiger partial charge in [-0.15, -0.1) is 0 Å². The maximum atomic E-state index is 11.8. The summed E-state index contributed by atoms with van der Waals surface area (Å²) >= 11 is 0. The number of carbonyl (C=O) groups is 1. The van der Waals surface area contributed by atoms with Gasteiger partial charge in [0.2, 0.25) is 0 Å². The molecule has 0 heterocycles. The standard InChI is InChI=1S/C15H22O3/c1-10(13(17)18-2)15-6-11-3-12(7-15)5-14(4-11,8-15)9-16/h11-12,16H,1,3-9H2,2H3. The van der Waals surface area contributed by atoms with E-state index in [1.54, 1.807) is 0 Å². The Bertz CT molecular complexity index is 385. The fourth-order valence-corrected chi connectivity index (χ4v) is 5.33. The van der Waals surface area contributed by atoms with Crippen LogP contribution in [0.5, 0.6) is 0 Å². The van der Waals surface area contributed by atoms with E-state index in [0.29, 0.717) is 17.4 Å². The highest BCUT2D eigenvalue weighted by Crippen LogP contribution is 2.67. The van der Waals surface area contributed by atoms with Gasteiger partial charge in [-0.05, 0) is 55.8 Å². The van der Waals surface area contributed by atoms with Crippen LogP contribution < -0.4 is 0 Å². The van der Waals surface area contributed by atoms with Crippen LogP contribution in [0.15, 0.2) is 12.2 Å². The van der Waals surface area contributed by atoms with E-state index in [2.05, 4.69) is 6.58 Å². The maximum absolute atomic E-state index is 11.8. The molecule has 100 valence electrons. The second-order valence-electron chi connectivity index (χ2n) is 6.87. The van der Waals surface area contributed by atoms with Crippen LogP contribution in [0.1, 0.15) is 38.5 Å². The van der Waals surface area contributed by atoms with Crippen LogP contribution in [-0.2, 0) is 9.53 Å². The molecule has 4 aliphatic carbocycles. The number of esters is 1. The molecule has 18 heavy (non-hydrogen) atoms. The molecule has 0 aliphatic heterocycles. The highest BCUT2D eigenvalue weighted by molar-refractivity contribution is 5.89. The van der Waals surface area contributed by atoms with Gasteiger partial charge in [0, 0.05) is 17.6 Å². The third kappa shape index (κ3) is 1.56. The van der Waals surface area contributed by atoms with Crippen LogP contribution in [0.2, 0.25) is 0 Å². The monoisotopic (exact) mass is 250 g/mol. The molecule has 0 aromatic carbocycles. The fourth-order valence-electron chi connectivity index (χ4n) is 5.33. The predicted octanol–water partition coefficient (Wildman–Crippen LogP) is 2.29. The molecule has 2 unspecified atom stereocenters. The lowest BCUT2D eigenvalue weighted by Gasteiger charge is -2.62. The van der Waals surface area contributed by atoms with Gasteiger partial charge in [0.05, 0.1) is 7.11 Å². The summed E-state index contributed by atoms with van der Waals surface area (Å²) in [6.45, 7) is 4.28. The molecule has 0 saturated heterocycles. The molecule has 0 amide bonds. The van der Waals surface area contributed by atoms with Crippen LogP contribution >= 0.6 is 0 Å². The van der Waals surface area contributed by atoms with Crippen molar-refractivity contribution in [1.82, 2.24) is 0 Å². The summed E-state index contributed by atoms with van der Waals surface area (Å²) in [4.78, 5) is 11.8. The van der Waals surface area contributed by atoms with Gasteiger partial charge in [-0.3, -0.25) is 0 Å². The number of rotatable bonds is 3. The van der Waals surface area contributed by atoms with E-state index in [9.17, 15) is 9.90 Å². The van der Waals surface area contributed by atoms with Crippen LogP contribution in [0.3, 0.4) is 0 Å². The quantitative estimate of drug-likeness (QED) is 0.617. The number of methoxy groups -OCH3 is 1. The highest BCUT2D eigenvalue weighted by Gasteiger charge is 2.59. The summed E-state index contributed by atoms with van der Waals surface area (Å²) in [7, 11) is 1.43. The minimum Gasteiger partial charge on any atom is -0.466 e. The summed E-state index contributed by atoms with van der Waals surface area (Å²) in [5, 5.41) is 9.78. The van der Waals surface area contributed by atoms with Crippen molar-refractivity contribution in [1.29, 1.82) is 0 Å². The molecular weight excluding hydrogens is 228 g/mol. The van der Waals surface area contributed by atoms with Crippen LogP contribution in [0.25, 0.3) is 0 Å². The van der Waals surface area contributed by atoms with Gasteiger partial charge >= 0.3 is 5.97 Å². The maximum Gasteiger partial charge on any atom is 0.333 e. The Labute approximate surface area is 108 Å². The Hall–Kier alpha value is -0.830. The molecular formula is C15H22O3. The van der Waals surface area contributed by atoms with Crippen molar-refractivity contribution in [3.8, 4) is 0 Å². The third-order valence-electron chi connectivity index (χ3n) is 5.59. The SMILES string of the molecule is C=C(C(=O)OC)C12CC3CC(CC(CO)(C3)C1)C2. The number of hydrogen-bond acceptors (Lipinski definition) is 3. The topological polar surface area (TPSA) is 46.5 Å². The molecule has 4 fully saturated rings. The first-order chi connectivity index (χ1) is 8.52. The lowest BCUT2D eigenvalue weighted by atomic mass is 9.43. The molecule has 1 N–H and O–H groups in total. The summed E-state index contributed by atoms with van der Waals surface area (Å²) in [6, 6.07) is 0. The molecule has 4 aliphatic rings. The Morgan fingerprint density at radius 1 is 1.33 bits per heavy atom. The molecule has 0 aromatic heterocycles. The number of aliphatic hydroxyl groups is 1. The van der Waals surface area contributed by atoms with Gasteiger partial charge in [0.25, 0.3) is 0 Å². The lowest BCUT2D eigenvalue weighted by Crippen LogP contribution is -2.54. The van der Waals surface area contributed by atoms with Crippen molar-refractivity contribution < 1.29 is 14.6 Å². The molecule has 0 radical (unpaired) electrons. The number of aliphatic hydroxyl groups excluding tert-OH is 1. The largest absolute Gasteiger partial charge is 0.466 e. The normalized spacial score (nSPS) is 45.0. The number of ether oxygens (including phenoxy) is 1. The Kier molecular flexibility index (Phi) is 2.60. The van der Waals surface area contributed by atoms with E-state index in [0.717, 1.165) is 32.1 Å². The second-order valence-corrected chi connectivity index (χ2v) is 6.87. The Balaban J connectivity index is 1.93. The van der Waals surface area contributed by atoms with E-state index in [1.165, 1.54) is 13.5 Å². The molecule has 2 atom stereocenters. The van der Waals surface area contributed by atoms with Gasteiger partial charge in [-0.2, -0.15) is 0 Å². The van der Waals surface area contributed by atoms with E-state index in [1.807, 2.05) is 0 Å². The van der Waals surface area contributed by atoms with Gasteiger partial charge in [0.1, 0.15) is 0 Å². The second kappa shape index (κ2) is 3.83.